The van der Waals surface area contributed by atoms with Crippen molar-refractivity contribution in [3.63, 3.8) is 0 Å². The summed E-state index contributed by atoms with van der Waals surface area (Å²) in [6.45, 7) is 0. The van der Waals surface area contributed by atoms with Gasteiger partial charge >= 0.3 is 0 Å². The van der Waals surface area contributed by atoms with Crippen LogP contribution >= 0.6 is 0 Å². The fourth-order valence-corrected chi connectivity index (χ4v) is 1.72. The van der Waals surface area contributed by atoms with E-state index < -0.39 is 0 Å². The van der Waals surface area contributed by atoms with Crippen LogP contribution < -0.4 is 5.73 Å². The fraction of sp³-hybridized carbons (Fsp3) is 0. The summed E-state index contributed by atoms with van der Waals surface area (Å²) in [6, 6.07) is 7.77. The average Bonchev–Trinajstić information content (AvgIpc) is 2.66. The van der Waals surface area contributed by atoms with E-state index in [9.17, 15) is 0 Å². The molecule has 0 saturated heterocycles. The first-order valence-corrected chi connectivity index (χ1v) is 4.84. The molecule has 1 aromatic carbocycles. The van der Waals surface area contributed by atoms with Crippen molar-refractivity contribution < 1.29 is 0 Å². The third kappa shape index (κ3) is 1.22. The standard InChI is InChI=1S/C11H9N5/c12-11-15-9-3-1-2-4-10(9)16(11)8-5-13-7-14-6-8/h1-7H,(H2,12,15). The van der Waals surface area contributed by atoms with Crippen LogP contribution in [0.3, 0.4) is 0 Å². The number of nitrogens with two attached hydrogens (primary N) is 1. The molecule has 0 aliphatic rings. The number of imidazole rings is 1. The molecule has 0 aliphatic carbocycles. The van der Waals surface area contributed by atoms with Crippen molar-refractivity contribution in [3.05, 3.63) is 43.0 Å². The first-order chi connectivity index (χ1) is 7.86. The van der Waals surface area contributed by atoms with Crippen molar-refractivity contribution in [2.75, 3.05) is 5.73 Å². The first kappa shape index (κ1) is 8.84. The van der Waals surface area contributed by atoms with Crippen LogP contribution in [0.2, 0.25) is 0 Å². The molecule has 0 aliphatic heterocycles. The summed E-state index contributed by atoms with van der Waals surface area (Å²) in [7, 11) is 0. The van der Waals surface area contributed by atoms with E-state index >= 15 is 0 Å². The Labute approximate surface area is 91.6 Å². The van der Waals surface area contributed by atoms with Crippen molar-refractivity contribution >= 4 is 17.0 Å². The molecule has 0 radical (unpaired) electrons. The molecule has 2 N–H and O–H groups in total. The Morgan fingerprint density at radius 3 is 2.62 bits per heavy atom. The van der Waals surface area contributed by atoms with Crippen LogP contribution in [-0.4, -0.2) is 19.5 Å². The van der Waals surface area contributed by atoms with E-state index in [1.807, 2.05) is 28.8 Å². The number of aromatic nitrogens is 4. The van der Waals surface area contributed by atoms with E-state index in [0.29, 0.717) is 5.95 Å². The SMILES string of the molecule is Nc1nc2ccccc2n1-c1cncnc1. The van der Waals surface area contributed by atoms with Crippen LogP contribution in [0.15, 0.2) is 43.0 Å². The Kier molecular flexibility index (Phi) is 1.83. The Bertz CT molecular complexity index is 629. The molecule has 16 heavy (non-hydrogen) atoms. The molecule has 3 rings (SSSR count). The summed E-state index contributed by atoms with van der Waals surface area (Å²) in [6.07, 6.45) is 4.90. The molecular weight excluding hydrogens is 202 g/mol. The molecule has 3 aromatic rings. The highest BCUT2D eigenvalue weighted by Crippen LogP contribution is 2.21. The van der Waals surface area contributed by atoms with Gasteiger partial charge < -0.3 is 5.73 Å². The molecule has 5 heteroatoms. The second kappa shape index (κ2) is 3.30. The maximum Gasteiger partial charge on any atom is 0.206 e. The number of rotatable bonds is 1. The van der Waals surface area contributed by atoms with E-state index in [1.165, 1.54) is 6.33 Å². The predicted octanol–water partition coefficient (Wildman–Crippen LogP) is 1.40. The molecule has 0 fully saturated rings. The summed E-state index contributed by atoms with van der Waals surface area (Å²) < 4.78 is 1.83. The van der Waals surface area contributed by atoms with Gasteiger partial charge in [0.2, 0.25) is 5.95 Å². The number of hydrogen-bond acceptors (Lipinski definition) is 4. The number of benzene rings is 1. The molecule has 0 amide bonds. The Morgan fingerprint density at radius 1 is 1.06 bits per heavy atom. The second-order valence-electron chi connectivity index (χ2n) is 3.39. The molecule has 78 valence electrons. The maximum atomic E-state index is 5.88. The van der Waals surface area contributed by atoms with Gasteiger partial charge in [0.05, 0.1) is 29.1 Å². The van der Waals surface area contributed by atoms with E-state index in [1.54, 1.807) is 12.4 Å². The van der Waals surface area contributed by atoms with Gasteiger partial charge in [-0.2, -0.15) is 0 Å². The molecule has 2 heterocycles. The smallest absolute Gasteiger partial charge is 0.206 e. The van der Waals surface area contributed by atoms with Gasteiger partial charge in [-0.25, -0.2) is 15.0 Å². The molecule has 2 aromatic heterocycles. The lowest BCUT2D eigenvalue weighted by Crippen LogP contribution is -2.01. The molecule has 0 unspecified atom stereocenters. The minimum absolute atomic E-state index is 0.441. The molecule has 0 bridgehead atoms. The normalized spacial score (nSPS) is 10.8. The summed E-state index contributed by atoms with van der Waals surface area (Å²) in [5.41, 5.74) is 8.51. The highest BCUT2D eigenvalue weighted by molar-refractivity contribution is 5.80. The van der Waals surface area contributed by atoms with Crippen LogP contribution in [0.25, 0.3) is 16.7 Å². The number of para-hydroxylation sites is 2. The monoisotopic (exact) mass is 211 g/mol. The zero-order valence-electron chi connectivity index (χ0n) is 8.41. The molecule has 0 spiro atoms. The van der Waals surface area contributed by atoms with Gasteiger partial charge in [-0.05, 0) is 12.1 Å². The van der Waals surface area contributed by atoms with Gasteiger partial charge in [0.1, 0.15) is 6.33 Å². The van der Waals surface area contributed by atoms with Gasteiger partial charge in [0, 0.05) is 0 Å². The van der Waals surface area contributed by atoms with Crippen molar-refractivity contribution in [1.29, 1.82) is 0 Å². The molecule has 5 nitrogen and oxygen atoms in total. The first-order valence-electron chi connectivity index (χ1n) is 4.84. The number of hydrogen-bond donors (Lipinski definition) is 1. The topological polar surface area (TPSA) is 69.6 Å². The van der Waals surface area contributed by atoms with Crippen LogP contribution in [0, 0.1) is 0 Å². The van der Waals surface area contributed by atoms with Gasteiger partial charge in [0.15, 0.2) is 0 Å². The molecular formula is C11H9N5. The minimum atomic E-state index is 0.441. The summed E-state index contributed by atoms with van der Waals surface area (Å²) in [5.74, 6) is 0.441. The van der Waals surface area contributed by atoms with E-state index in [0.717, 1.165) is 16.7 Å². The number of nitrogens with zero attached hydrogens (tertiary/aromatic N) is 4. The number of fused-ring (bicyclic) bond motifs is 1. The molecule has 0 atom stereocenters. The van der Waals surface area contributed by atoms with Crippen molar-refractivity contribution in [2.24, 2.45) is 0 Å². The highest BCUT2D eigenvalue weighted by Gasteiger charge is 2.08. The third-order valence-corrected chi connectivity index (χ3v) is 2.39. The molecule has 0 saturated carbocycles. The van der Waals surface area contributed by atoms with Crippen LogP contribution in [-0.2, 0) is 0 Å². The van der Waals surface area contributed by atoms with E-state index in [4.69, 9.17) is 5.73 Å². The van der Waals surface area contributed by atoms with Crippen LogP contribution in [0.5, 0.6) is 0 Å². The van der Waals surface area contributed by atoms with Gasteiger partial charge in [0.25, 0.3) is 0 Å². The van der Waals surface area contributed by atoms with Crippen LogP contribution in [0.4, 0.5) is 5.95 Å². The summed E-state index contributed by atoms with van der Waals surface area (Å²) >= 11 is 0. The summed E-state index contributed by atoms with van der Waals surface area (Å²) in [4.78, 5) is 12.2. The largest absolute Gasteiger partial charge is 0.369 e. The van der Waals surface area contributed by atoms with Crippen molar-refractivity contribution in [1.82, 2.24) is 19.5 Å². The lowest BCUT2D eigenvalue weighted by atomic mass is 10.3. The van der Waals surface area contributed by atoms with Gasteiger partial charge in [-0.1, -0.05) is 12.1 Å². The third-order valence-electron chi connectivity index (χ3n) is 2.39. The zero-order valence-corrected chi connectivity index (χ0v) is 8.41. The van der Waals surface area contributed by atoms with E-state index in [2.05, 4.69) is 15.0 Å². The highest BCUT2D eigenvalue weighted by atomic mass is 15.2. The fourth-order valence-electron chi connectivity index (χ4n) is 1.72. The lowest BCUT2D eigenvalue weighted by Gasteiger charge is -2.04. The van der Waals surface area contributed by atoms with Crippen LogP contribution in [0.1, 0.15) is 0 Å². The Morgan fingerprint density at radius 2 is 1.81 bits per heavy atom. The van der Waals surface area contributed by atoms with E-state index in [-0.39, 0.29) is 0 Å². The van der Waals surface area contributed by atoms with Crippen molar-refractivity contribution in [2.45, 2.75) is 0 Å². The lowest BCUT2D eigenvalue weighted by molar-refractivity contribution is 1.04. The Hall–Kier alpha value is -2.43. The maximum absolute atomic E-state index is 5.88. The van der Waals surface area contributed by atoms with Gasteiger partial charge in [-0.15, -0.1) is 0 Å². The minimum Gasteiger partial charge on any atom is -0.369 e. The quantitative estimate of drug-likeness (QED) is 0.660. The van der Waals surface area contributed by atoms with Gasteiger partial charge in [-0.3, -0.25) is 4.57 Å². The predicted molar refractivity (Wildman–Crippen MR) is 61.1 cm³/mol. The van der Waals surface area contributed by atoms with Crippen molar-refractivity contribution in [3.8, 4) is 5.69 Å². The number of anilines is 1. The average molecular weight is 211 g/mol. The Balaban J connectivity index is 2.35. The second-order valence-corrected chi connectivity index (χ2v) is 3.39. The zero-order chi connectivity index (χ0) is 11.0. The summed E-state index contributed by atoms with van der Waals surface area (Å²) in [5, 5.41) is 0. The number of nitrogen functional groups attached to an aromatic ring is 1.